The van der Waals surface area contributed by atoms with Gasteiger partial charge in [-0.3, -0.25) is 4.79 Å². The number of anilines is 1. The van der Waals surface area contributed by atoms with Crippen molar-refractivity contribution in [1.29, 1.82) is 0 Å². The van der Waals surface area contributed by atoms with Gasteiger partial charge in [0.25, 0.3) is 0 Å². The number of piperazine rings is 1. The molecule has 0 aromatic carbocycles. The summed E-state index contributed by atoms with van der Waals surface area (Å²) < 4.78 is 29.4. The summed E-state index contributed by atoms with van der Waals surface area (Å²) in [7, 11) is 0. The topological polar surface area (TPSA) is 115 Å². The maximum atomic E-state index is 15.5. The number of fused-ring (bicyclic) bond motifs is 1. The van der Waals surface area contributed by atoms with Crippen molar-refractivity contribution in [3.05, 3.63) is 30.5 Å². The zero-order valence-corrected chi connectivity index (χ0v) is 23.9. The first-order chi connectivity index (χ1) is 19.6. The largest absolute Gasteiger partial charge is 0.473 e. The first-order valence-corrected chi connectivity index (χ1v) is 14.3. The summed E-state index contributed by atoms with van der Waals surface area (Å²) in [6.07, 6.45) is 5.36. The van der Waals surface area contributed by atoms with Crippen molar-refractivity contribution in [2.45, 2.75) is 64.7 Å². The van der Waals surface area contributed by atoms with E-state index in [-0.39, 0.29) is 29.8 Å². The van der Waals surface area contributed by atoms with Crippen LogP contribution in [0.25, 0.3) is 22.3 Å². The number of nitrogens with one attached hydrogen (secondary N) is 1. The van der Waals surface area contributed by atoms with Crippen molar-refractivity contribution in [2.75, 3.05) is 37.6 Å². The third kappa shape index (κ3) is 5.77. The minimum Gasteiger partial charge on any atom is -0.473 e. The van der Waals surface area contributed by atoms with Crippen molar-refractivity contribution in [3.8, 4) is 17.1 Å². The molecule has 2 atom stereocenters. The molecular formula is C29H36FN7O4. The smallest absolute Gasteiger partial charge is 0.410 e. The number of carbonyl (C=O) groups excluding carboxylic acids is 2. The number of imidazole rings is 1. The summed E-state index contributed by atoms with van der Waals surface area (Å²) in [5.41, 5.74) is 1.98. The molecule has 6 rings (SSSR count). The Balaban J connectivity index is 1.23. The molecule has 3 aromatic rings. The third-order valence-corrected chi connectivity index (χ3v) is 7.78. The predicted octanol–water partition coefficient (Wildman–Crippen LogP) is 3.93. The van der Waals surface area contributed by atoms with Crippen molar-refractivity contribution >= 4 is 28.9 Å². The number of nitrogens with zero attached hydrogens (tertiary/aromatic N) is 6. The van der Waals surface area contributed by atoms with Crippen LogP contribution in [0.2, 0.25) is 0 Å². The summed E-state index contributed by atoms with van der Waals surface area (Å²) in [4.78, 5) is 41.5. The van der Waals surface area contributed by atoms with Gasteiger partial charge in [-0.05, 0) is 52.7 Å². The zero-order chi connectivity index (χ0) is 28.9. The number of hydrogen-bond acceptors (Lipinski definition) is 8. The van der Waals surface area contributed by atoms with E-state index >= 15 is 4.39 Å². The summed E-state index contributed by atoms with van der Waals surface area (Å²) in [6.45, 7) is 9.73. The van der Waals surface area contributed by atoms with Crippen LogP contribution in [0.4, 0.5) is 15.0 Å². The van der Waals surface area contributed by atoms with Gasteiger partial charge in [0, 0.05) is 62.9 Å². The Kier molecular flexibility index (Phi) is 6.95. The fraction of sp³-hybridized carbons (Fsp3) is 0.552. The lowest BCUT2D eigenvalue weighted by Gasteiger charge is -2.36. The molecule has 2 saturated heterocycles. The van der Waals surface area contributed by atoms with E-state index in [0.717, 1.165) is 18.4 Å². The molecular weight excluding hydrogens is 529 g/mol. The number of pyridine rings is 2. The molecule has 1 aliphatic carbocycles. The van der Waals surface area contributed by atoms with Crippen LogP contribution in [-0.2, 0) is 9.53 Å². The molecule has 2 unspecified atom stereocenters. The van der Waals surface area contributed by atoms with E-state index < -0.39 is 11.4 Å². The lowest BCUT2D eigenvalue weighted by Crippen LogP contribution is -2.50. The average Bonchev–Trinajstić information content (AvgIpc) is 3.52. The molecule has 3 aromatic heterocycles. The normalized spacial score (nSPS) is 20.3. The van der Waals surface area contributed by atoms with E-state index in [1.807, 2.05) is 45.0 Å². The number of ether oxygens (including phenoxy) is 2. The van der Waals surface area contributed by atoms with Crippen LogP contribution in [0, 0.1) is 11.7 Å². The molecule has 11 nitrogen and oxygen atoms in total. The Hall–Kier alpha value is -3.96. The number of hydrogen-bond donors (Lipinski definition) is 1. The fourth-order valence-electron chi connectivity index (χ4n) is 5.35. The standard InChI is InChI=1S/C29H36FN7O4/c1-17(18-12-24(38)31-14-18)40-27-25-23(33-16-37(25)20-5-6-20)13-22(34-27)19-11-21(30)26(32-15-19)35-7-9-36(10-8-35)28(39)41-29(2,3)4/h11,13,15-18,20H,5-10,12,14H2,1-4H3,(H,31,38). The maximum Gasteiger partial charge on any atom is 0.410 e. The van der Waals surface area contributed by atoms with Crippen LogP contribution in [0.15, 0.2) is 24.7 Å². The van der Waals surface area contributed by atoms with Gasteiger partial charge in [-0.25, -0.2) is 24.1 Å². The molecule has 3 fully saturated rings. The van der Waals surface area contributed by atoms with Crippen LogP contribution in [0.3, 0.4) is 0 Å². The van der Waals surface area contributed by atoms with Crippen LogP contribution < -0.4 is 15.0 Å². The highest BCUT2D eigenvalue weighted by Crippen LogP contribution is 2.40. The van der Waals surface area contributed by atoms with Crippen molar-refractivity contribution in [1.82, 2.24) is 29.7 Å². The molecule has 0 bridgehead atoms. The lowest BCUT2D eigenvalue weighted by molar-refractivity contribution is -0.119. The average molecular weight is 566 g/mol. The lowest BCUT2D eigenvalue weighted by atomic mass is 10.0. The van der Waals surface area contributed by atoms with Crippen molar-refractivity contribution < 1.29 is 23.5 Å². The van der Waals surface area contributed by atoms with E-state index in [1.54, 1.807) is 11.1 Å². The van der Waals surface area contributed by atoms with Gasteiger partial charge < -0.3 is 29.2 Å². The quantitative estimate of drug-likeness (QED) is 0.478. The van der Waals surface area contributed by atoms with Crippen LogP contribution >= 0.6 is 0 Å². The van der Waals surface area contributed by atoms with E-state index in [9.17, 15) is 9.59 Å². The zero-order valence-electron chi connectivity index (χ0n) is 23.9. The fourth-order valence-corrected chi connectivity index (χ4v) is 5.35. The summed E-state index contributed by atoms with van der Waals surface area (Å²) in [6, 6.07) is 3.64. The summed E-state index contributed by atoms with van der Waals surface area (Å²) >= 11 is 0. The van der Waals surface area contributed by atoms with Gasteiger partial charge in [-0.2, -0.15) is 0 Å². The van der Waals surface area contributed by atoms with Gasteiger partial charge in [-0.1, -0.05) is 0 Å². The van der Waals surface area contributed by atoms with E-state index in [1.165, 1.54) is 6.07 Å². The van der Waals surface area contributed by atoms with E-state index in [4.69, 9.17) is 14.5 Å². The molecule has 3 aliphatic rings. The molecule has 41 heavy (non-hydrogen) atoms. The molecule has 12 heteroatoms. The van der Waals surface area contributed by atoms with Crippen LogP contribution in [-0.4, -0.2) is 80.8 Å². The highest BCUT2D eigenvalue weighted by Gasteiger charge is 2.32. The Morgan fingerprint density at radius 3 is 2.54 bits per heavy atom. The van der Waals surface area contributed by atoms with Gasteiger partial charge in [0.05, 0.1) is 17.5 Å². The predicted molar refractivity (Wildman–Crippen MR) is 150 cm³/mol. The molecule has 2 aliphatic heterocycles. The van der Waals surface area contributed by atoms with E-state index in [0.29, 0.717) is 67.8 Å². The number of amides is 2. The van der Waals surface area contributed by atoms with Crippen molar-refractivity contribution in [3.63, 3.8) is 0 Å². The Bertz CT molecular complexity index is 1470. The molecule has 218 valence electrons. The molecule has 0 spiro atoms. The minimum atomic E-state index is -0.569. The molecule has 5 heterocycles. The Labute approximate surface area is 238 Å². The maximum absolute atomic E-state index is 15.5. The highest BCUT2D eigenvalue weighted by molar-refractivity contribution is 5.85. The second-order valence-corrected chi connectivity index (χ2v) is 12.1. The van der Waals surface area contributed by atoms with Crippen LogP contribution in [0.1, 0.15) is 53.0 Å². The molecule has 2 amide bonds. The Morgan fingerprint density at radius 2 is 1.90 bits per heavy atom. The number of rotatable bonds is 6. The van der Waals surface area contributed by atoms with Gasteiger partial charge in [0.15, 0.2) is 11.6 Å². The summed E-state index contributed by atoms with van der Waals surface area (Å²) in [5, 5.41) is 2.86. The van der Waals surface area contributed by atoms with Gasteiger partial charge in [0.1, 0.15) is 17.2 Å². The molecule has 0 radical (unpaired) electrons. The number of aromatic nitrogens is 4. The number of halogens is 1. The number of carbonyl (C=O) groups is 2. The second-order valence-electron chi connectivity index (χ2n) is 12.1. The van der Waals surface area contributed by atoms with E-state index in [2.05, 4.69) is 19.9 Å². The highest BCUT2D eigenvalue weighted by atomic mass is 19.1. The van der Waals surface area contributed by atoms with Gasteiger partial charge in [0.2, 0.25) is 11.8 Å². The Morgan fingerprint density at radius 1 is 1.15 bits per heavy atom. The van der Waals surface area contributed by atoms with Crippen LogP contribution in [0.5, 0.6) is 5.88 Å². The first kappa shape index (κ1) is 27.2. The minimum absolute atomic E-state index is 0.0215. The molecule has 1 saturated carbocycles. The van der Waals surface area contributed by atoms with Crippen molar-refractivity contribution in [2.24, 2.45) is 5.92 Å². The summed E-state index contributed by atoms with van der Waals surface area (Å²) in [5.74, 6) is 0.254. The third-order valence-electron chi connectivity index (χ3n) is 7.78. The monoisotopic (exact) mass is 565 g/mol. The second kappa shape index (κ2) is 10.5. The molecule has 1 N–H and O–H groups in total. The first-order valence-electron chi connectivity index (χ1n) is 14.3. The SMILES string of the molecule is CC(Oc1nc(-c2cnc(N3CCN(C(=O)OC(C)(C)C)CC3)c(F)c2)cc2ncn(C3CC3)c12)C1CNC(=O)C1. The van der Waals surface area contributed by atoms with Gasteiger partial charge >= 0.3 is 6.09 Å². The van der Waals surface area contributed by atoms with Gasteiger partial charge in [-0.15, -0.1) is 0 Å².